The van der Waals surface area contributed by atoms with E-state index in [2.05, 4.69) is 17.1 Å². The molecule has 88 valence electrons. The van der Waals surface area contributed by atoms with Crippen molar-refractivity contribution in [2.45, 2.75) is 18.9 Å². The van der Waals surface area contributed by atoms with Crippen LogP contribution in [0, 0.1) is 0 Å². The number of methoxy groups -OCH3 is 1. The van der Waals surface area contributed by atoms with Crippen molar-refractivity contribution in [2.75, 3.05) is 39.9 Å². The van der Waals surface area contributed by atoms with Crippen LogP contribution in [0.15, 0.2) is 0 Å². The molecule has 0 saturated carbocycles. The Morgan fingerprint density at radius 2 is 2.27 bits per heavy atom. The molecule has 5 heteroatoms. The molecule has 1 rings (SSSR count). The quantitative estimate of drug-likeness (QED) is 0.568. The Morgan fingerprint density at radius 3 is 2.80 bits per heavy atom. The van der Waals surface area contributed by atoms with Gasteiger partial charge in [-0.15, -0.1) is 0 Å². The second-order valence-corrected chi connectivity index (χ2v) is 4.20. The molecule has 1 aliphatic heterocycles. The Bertz CT molecular complexity index is 215. The minimum Gasteiger partial charge on any atom is -0.383 e. The Kier molecular flexibility index (Phi) is 4.50. The van der Waals surface area contributed by atoms with E-state index >= 15 is 0 Å². The molecule has 0 aromatic heterocycles. The first-order valence-corrected chi connectivity index (χ1v) is 5.36. The highest BCUT2D eigenvalue weighted by Gasteiger charge is 2.38. The van der Waals surface area contributed by atoms with Gasteiger partial charge in [-0.25, -0.2) is 0 Å². The zero-order chi connectivity index (χ0) is 11.3. The van der Waals surface area contributed by atoms with Crippen molar-refractivity contribution in [3.8, 4) is 0 Å². The average Bonchev–Trinajstić information content (AvgIpc) is 2.15. The van der Waals surface area contributed by atoms with Crippen LogP contribution in [-0.4, -0.2) is 56.2 Å². The molecule has 0 aromatic carbocycles. The molecule has 0 aliphatic carbocycles. The first kappa shape index (κ1) is 12.4. The van der Waals surface area contributed by atoms with E-state index in [1.165, 1.54) is 0 Å². The lowest BCUT2D eigenvalue weighted by atomic mass is 9.88. The van der Waals surface area contributed by atoms with Gasteiger partial charge >= 0.3 is 0 Å². The van der Waals surface area contributed by atoms with Crippen LogP contribution in [0.3, 0.4) is 0 Å². The lowest BCUT2D eigenvalue weighted by molar-refractivity contribution is -0.124. The maximum absolute atomic E-state index is 11.4. The molecule has 15 heavy (non-hydrogen) atoms. The molecular weight excluding hydrogens is 194 g/mol. The summed E-state index contributed by atoms with van der Waals surface area (Å²) in [6, 6.07) is 0. The fourth-order valence-electron chi connectivity index (χ4n) is 1.73. The summed E-state index contributed by atoms with van der Waals surface area (Å²) in [6.07, 6.45) is 0.967. The summed E-state index contributed by atoms with van der Waals surface area (Å²) in [5.74, 6) is 0.0465. The van der Waals surface area contributed by atoms with E-state index < -0.39 is 0 Å². The standard InChI is InChI=1S/C10H21N3O2/c1-3-10(11)7-13(8-10)6-9(14)12-4-5-15-2/h3-8,11H2,1-2H3,(H,12,14). The topological polar surface area (TPSA) is 67.6 Å². The predicted molar refractivity (Wildman–Crippen MR) is 58.5 cm³/mol. The van der Waals surface area contributed by atoms with E-state index in [0.717, 1.165) is 19.5 Å². The van der Waals surface area contributed by atoms with E-state index in [4.69, 9.17) is 10.5 Å². The number of hydrogen-bond donors (Lipinski definition) is 2. The van der Waals surface area contributed by atoms with Crippen LogP contribution in [0.5, 0.6) is 0 Å². The van der Waals surface area contributed by atoms with Crippen LogP contribution in [0.2, 0.25) is 0 Å². The second kappa shape index (κ2) is 5.44. The lowest BCUT2D eigenvalue weighted by Gasteiger charge is -2.47. The van der Waals surface area contributed by atoms with Gasteiger partial charge < -0.3 is 15.8 Å². The van der Waals surface area contributed by atoms with Crippen molar-refractivity contribution in [1.82, 2.24) is 10.2 Å². The fourth-order valence-corrected chi connectivity index (χ4v) is 1.73. The van der Waals surface area contributed by atoms with E-state index in [1.54, 1.807) is 7.11 Å². The third kappa shape index (κ3) is 3.77. The number of carbonyl (C=O) groups excluding carboxylic acids is 1. The van der Waals surface area contributed by atoms with Crippen LogP contribution < -0.4 is 11.1 Å². The number of ether oxygens (including phenoxy) is 1. The molecule has 0 unspecified atom stereocenters. The molecule has 0 atom stereocenters. The molecule has 1 heterocycles. The molecule has 0 spiro atoms. The molecule has 1 aliphatic rings. The Labute approximate surface area is 90.9 Å². The summed E-state index contributed by atoms with van der Waals surface area (Å²) in [4.78, 5) is 13.4. The van der Waals surface area contributed by atoms with Gasteiger partial charge in [0, 0.05) is 32.3 Å². The molecule has 5 nitrogen and oxygen atoms in total. The highest BCUT2D eigenvalue weighted by Crippen LogP contribution is 2.20. The SMILES string of the molecule is CCC1(N)CN(CC(=O)NCCOC)C1. The van der Waals surface area contributed by atoms with Gasteiger partial charge in [0.1, 0.15) is 0 Å². The molecular formula is C10H21N3O2. The molecule has 1 amide bonds. The summed E-state index contributed by atoms with van der Waals surface area (Å²) in [5.41, 5.74) is 5.93. The van der Waals surface area contributed by atoms with E-state index in [0.29, 0.717) is 19.7 Å². The van der Waals surface area contributed by atoms with Crippen molar-refractivity contribution in [3.63, 3.8) is 0 Å². The smallest absolute Gasteiger partial charge is 0.234 e. The van der Waals surface area contributed by atoms with Gasteiger partial charge in [-0.05, 0) is 6.42 Å². The number of hydrogen-bond acceptors (Lipinski definition) is 4. The molecule has 3 N–H and O–H groups in total. The first-order chi connectivity index (χ1) is 7.09. The zero-order valence-electron chi connectivity index (χ0n) is 9.58. The largest absolute Gasteiger partial charge is 0.383 e. The summed E-state index contributed by atoms with van der Waals surface area (Å²) >= 11 is 0. The van der Waals surface area contributed by atoms with Gasteiger partial charge in [0.05, 0.1) is 13.2 Å². The molecule has 1 saturated heterocycles. The summed E-state index contributed by atoms with van der Waals surface area (Å²) in [5, 5.41) is 2.78. The zero-order valence-corrected chi connectivity index (χ0v) is 9.58. The van der Waals surface area contributed by atoms with Crippen LogP contribution in [0.25, 0.3) is 0 Å². The van der Waals surface area contributed by atoms with E-state index in [-0.39, 0.29) is 11.4 Å². The first-order valence-electron chi connectivity index (χ1n) is 5.36. The van der Waals surface area contributed by atoms with Crippen LogP contribution in [0.4, 0.5) is 0 Å². The van der Waals surface area contributed by atoms with Gasteiger partial charge in [0.2, 0.25) is 5.91 Å². The van der Waals surface area contributed by atoms with Crippen molar-refractivity contribution in [1.29, 1.82) is 0 Å². The number of nitrogens with one attached hydrogen (secondary N) is 1. The van der Waals surface area contributed by atoms with Crippen molar-refractivity contribution >= 4 is 5.91 Å². The van der Waals surface area contributed by atoms with Crippen LogP contribution >= 0.6 is 0 Å². The summed E-state index contributed by atoms with van der Waals surface area (Å²) in [7, 11) is 1.62. The highest BCUT2D eigenvalue weighted by atomic mass is 16.5. The molecule has 0 bridgehead atoms. The Balaban J connectivity index is 2.08. The average molecular weight is 215 g/mol. The van der Waals surface area contributed by atoms with Gasteiger partial charge in [-0.2, -0.15) is 0 Å². The second-order valence-electron chi connectivity index (χ2n) is 4.20. The van der Waals surface area contributed by atoms with Crippen molar-refractivity contribution in [2.24, 2.45) is 5.73 Å². The minimum atomic E-state index is -0.0627. The normalized spacial score (nSPS) is 19.7. The van der Waals surface area contributed by atoms with Crippen molar-refractivity contribution in [3.05, 3.63) is 0 Å². The van der Waals surface area contributed by atoms with Gasteiger partial charge in [-0.3, -0.25) is 9.69 Å². The number of amides is 1. The van der Waals surface area contributed by atoms with E-state index in [1.807, 2.05) is 0 Å². The van der Waals surface area contributed by atoms with Crippen LogP contribution in [0.1, 0.15) is 13.3 Å². The predicted octanol–water partition coefficient (Wildman–Crippen LogP) is -0.828. The maximum atomic E-state index is 11.4. The van der Waals surface area contributed by atoms with Crippen LogP contribution in [-0.2, 0) is 9.53 Å². The maximum Gasteiger partial charge on any atom is 0.234 e. The Hall–Kier alpha value is -0.650. The fraction of sp³-hybridized carbons (Fsp3) is 0.900. The summed E-state index contributed by atoms with van der Waals surface area (Å²) in [6.45, 7) is 5.30. The number of rotatable bonds is 6. The third-order valence-electron chi connectivity index (χ3n) is 2.78. The van der Waals surface area contributed by atoms with Crippen molar-refractivity contribution < 1.29 is 9.53 Å². The molecule has 1 fully saturated rings. The minimum absolute atomic E-state index is 0.0465. The number of nitrogens with zero attached hydrogens (tertiary/aromatic N) is 1. The van der Waals surface area contributed by atoms with E-state index in [9.17, 15) is 4.79 Å². The van der Waals surface area contributed by atoms with Gasteiger partial charge in [0.25, 0.3) is 0 Å². The Morgan fingerprint density at radius 1 is 1.60 bits per heavy atom. The van der Waals surface area contributed by atoms with Gasteiger partial charge in [-0.1, -0.05) is 6.92 Å². The van der Waals surface area contributed by atoms with Gasteiger partial charge in [0.15, 0.2) is 0 Å². The monoisotopic (exact) mass is 215 g/mol. The third-order valence-corrected chi connectivity index (χ3v) is 2.78. The highest BCUT2D eigenvalue weighted by molar-refractivity contribution is 5.78. The summed E-state index contributed by atoms with van der Waals surface area (Å²) < 4.78 is 4.84. The molecule has 0 aromatic rings. The number of nitrogens with two attached hydrogens (primary N) is 1. The molecule has 0 radical (unpaired) electrons. The lowest BCUT2D eigenvalue weighted by Crippen LogP contribution is -2.68. The number of carbonyl (C=O) groups is 1. The number of likely N-dealkylation sites (tertiary alicyclic amines) is 1.